The predicted molar refractivity (Wildman–Crippen MR) is 109 cm³/mol. The van der Waals surface area contributed by atoms with Gasteiger partial charge in [-0.25, -0.2) is 0 Å². The molecule has 1 unspecified atom stereocenters. The van der Waals surface area contributed by atoms with E-state index in [1.54, 1.807) is 20.3 Å². The summed E-state index contributed by atoms with van der Waals surface area (Å²) in [7, 11) is 3.21. The number of amides is 1. The number of hydrogen-bond donors (Lipinski definition) is 2. The summed E-state index contributed by atoms with van der Waals surface area (Å²) in [5, 5.41) is 14.1. The summed E-state index contributed by atoms with van der Waals surface area (Å²) in [6.07, 6.45) is 0.822. The fourth-order valence-corrected chi connectivity index (χ4v) is 3.65. The van der Waals surface area contributed by atoms with E-state index in [0.717, 1.165) is 34.6 Å². The summed E-state index contributed by atoms with van der Waals surface area (Å²) in [6.45, 7) is 5.39. The first kappa shape index (κ1) is 20.6. The molecular weight excluding hydrogens is 374 g/mol. The Balaban J connectivity index is 1.72. The van der Waals surface area contributed by atoms with E-state index in [4.69, 9.17) is 9.47 Å². The Labute approximate surface area is 169 Å². The van der Waals surface area contributed by atoms with Gasteiger partial charge >= 0.3 is 0 Å². The number of hydrogen-bond acceptors (Lipinski definition) is 5. The smallest absolute Gasteiger partial charge is 0.293 e. The number of nitrogens with one attached hydrogen (secondary N) is 2. The summed E-state index contributed by atoms with van der Waals surface area (Å²) in [5.74, 6) is 1.13. The van der Waals surface area contributed by atoms with Gasteiger partial charge in [0.25, 0.3) is 11.6 Å². The summed E-state index contributed by atoms with van der Waals surface area (Å²) in [6, 6.07) is 7.10. The molecule has 0 radical (unpaired) electrons. The van der Waals surface area contributed by atoms with Gasteiger partial charge in [0.2, 0.25) is 0 Å². The monoisotopic (exact) mass is 400 g/mol. The SMILES string of the molecule is COc1cc2c(cc1OC)C[NH+](CC(=O)Nc1cc(C)c(C)cc1[N+](=O)[O-])CC2. The maximum atomic E-state index is 12.6. The van der Waals surface area contributed by atoms with Gasteiger partial charge in [0.05, 0.1) is 25.7 Å². The van der Waals surface area contributed by atoms with Gasteiger partial charge in [-0.2, -0.15) is 0 Å². The van der Waals surface area contributed by atoms with E-state index in [0.29, 0.717) is 18.0 Å². The van der Waals surface area contributed by atoms with Crippen LogP contribution in [0, 0.1) is 24.0 Å². The van der Waals surface area contributed by atoms with Gasteiger partial charge in [-0.1, -0.05) is 0 Å². The molecule has 1 atom stereocenters. The average molecular weight is 400 g/mol. The first-order valence-corrected chi connectivity index (χ1v) is 9.45. The lowest BCUT2D eigenvalue weighted by molar-refractivity contribution is -0.907. The molecule has 8 heteroatoms. The van der Waals surface area contributed by atoms with E-state index in [2.05, 4.69) is 5.32 Å². The summed E-state index contributed by atoms with van der Waals surface area (Å²) in [5.41, 5.74) is 4.18. The van der Waals surface area contributed by atoms with Crippen molar-refractivity contribution in [2.45, 2.75) is 26.8 Å². The quantitative estimate of drug-likeness (QED) is 0.570. The van der Waals surface area contributed by atoms with Crippen LogP contribution in [0.15, 0.2) is 24.3 Å². The van der Waals surface area contributed by atoms with Crippen LogP contribution in [0.25, 0.3) is 0 Å². The van der Waals surface area contributed by atoms with Crippen LogP contribution in [0.2, 0.25) is 0 Å². The number of methoxy groups -OCH3 is 2. The number of ether oxygens (including phenoxy) is 2. The van der Waals surface area contributed by atoms with Crippen LogP contribution in [0.5, 0.6) is 11.5 Å². The third-order valence-electron chi connectivity index (χ3n) is 5.39. The van der Waals surface area contributed by atoms with E-state index < -0.39 is 4.92 Å². The second-order valence-corrected chi connectivity index (χ2v) is 7.34. The van der Waals surface area contributed by atoms with Crippen molar-refractivity contribution in [2.24, 2.45) is 0 Å². The number of quaternary nitrogens is 1. The number of benzene rings is 2. The second-order valence-electron chi connectivity index (χ2n) is 7.34. The van der Waals surface area contributed by atoms with Gasteiger partial charge in [-0.3, -0.25) is 14.9 Å². The first-order valence-electron chi connectivity index (χ1n) is 9.45. The highest BCUT2D eigenvalue weighted by Gasteiger charge is 2.25. The lowest BCUT2D eigenvalue weighted by Gasteiger charge is -2.26. The van der Waals surface area contributed by atoms with E-state index in [-0.39, 0.29) is 23.8 Å². The molecule has 1 aliphatic rings. The minimum Gasteiger partial charge on any atom is -0.493 e. The average Bonchev–Trinajstić information content (AvgIpc) is 2.69. The van der Waals surface area contributed by atoms with E-state index in [9.17, 15) is 14.9 Å². The lowest BCUT2D eigenvalue weighted by atomic mass is 9.99. The standard InChI is InChI=1S/C21H25N3O5/c1-13-7-17(18(24(26)27)8-14(13)2)22-21(25)12-23-6-5-15-9-19(28-3)20(29-4)10-16(15)11-23/h7-10H,5-6,11-12H2,1-4H3,(H,22,25)/p+1. The van der Waals surface area contributed by atoms with Crippen molar-refractivity contribution in [2.75, 3.05) is 32.6 Å². The number of anilines is 1. The molecule has 0 bridgehead atoms. The zero-order valence-electron chi connectivity index (χ0n) is 17.1. The van der Waals surface area contributed by atoms with Crippen molar-refractivity contribution in [1.82, 2.24) is 0 Å². The van der Waals surface area contributed by atoms with Crippen LogP contribution in [-0.4, -0.2) is 38.1 Å². The summed E-state index contributed by atoms with van der Waals surface area (Å²) in [4.78, 5) is 24.5. The van der Waals surface area contributed by atoms with Gasteiger partial charge in [0, 0.05) is 18.1 Å². The minimum absolute atomic E-state index is 0.0859. The lowest BCUT2D eigenvalue weighted by Crippen LogP contribution is -3.12. The molecule has 1 heterocycles. The van der Waals surface area contributed by atoms with Crippen molar-refractivity contribution in [3.05, 3.63) is 56.6 Å². The Morgan fingerprint density at radius 1 is 1.10 bits per heavy atom. The van der Waals surface area contributed by atoms with Crippen molar-refractivity contribution in [1.29, 1.82) is 0 Å². The minimum atomic E-state index is -0.467. The Morgan fingerprint density at radius 3 is 2.34 bits per heavy atom. The number of nitro groups is 1. The molecule has 0 saturated carbocycles. The topological polar surface area (TPSA) is 95.1 Å². The molecule has 0 fully saturated rings. The number of nitro benzene ring substituents is 1. The Bertz CT molecular complexity index is 958. The van der Waals surface area contributed by atoms with Gasteiger partial charge in [-0.05, 0) is 48.7 Å². The number of carbonyl (C=O) groups excluding carboxylic acids is 1. The predicted octanol–water partition coefficient (Wildman–Crippen LogP) is 1.81. The molecule has 2 N–H and O–H groups in total. The number of nitrogens with zero attached hydrogens (tertiary/aromatic N) is 1. The maximum Gasteiger partial charge on any atom is 0.293 e. The molecule has 2 aromatic rings. The number of aryl methyl sites for hydroxylation is 2. The van der Waals surface area contributed by atoms with Crippen LogP contribution < -0.4 is 19.7 Å². The molecule has 1 amide bonds. The van der Waals surface area contributed by atoms with Crippen molar-refractivity contribution in [3.63, 3.8) is 0 Å². The molecule has 3 rings (SSSR count). The highest BCUT2D eigenvalue weighted by Crippen LogP contribution is 2.31. The molecule has 2 aromatic carbocycles. The van der Waals surface area contributed by atoms with Gasteiger partial charge < -0.3 is 19.7 Å². The van der Waals surface area contributed by atoms with Gasteiger partial charge in [0.15, 0.2) is 18.0 Å². The molecule has 0 spiro atoms. The van der Waals surface area contributed by atoms with E-state index in [1.165, 1.54) is 11.6 Å². The molecular formula is C21H26N3O5+. The fourth-order valence-electron chi connectivity index (χ4n) is 3.65. The molecule has 154 valence electrons. The number of carbonyl (C=O) groups is 1. The Kier molecular flexibility index (Phi) is 6.03. The molecule has 8 nitrogen and oxygen atoms in total. The zero-order chi connectivity index (χ0) is 21.1. The maximum absolute atomic E-state index is 12.6. The molecule has 0 aliphatic carbocycles. The highest BCUT2D eigenvalue weighted by molar-refractivity contribution is 5.94. The van der Waals surface area contributed by atoms with Crippen LogP contribution in [0.1, 0.15) is 22.3 Å². The molecule has 29 heavy (non-hydrogen) atoms. The molecule has 0 aromatic heterocycles. The van der Waals surface area contributed by atoms with Gasteiger partial charge in [-0.15, -0.1) is 0 Å². The third-order valence-corrected chi connectivity index (χ3v) is 5.39. The second kappa shape index (κ2) is 8.48. The largest absolute Gasteiger partial charge is 0.493 e. The number of fused-ring (bicyclic) bond motifs is 1. The summed E-state index contributed by atoms with van der Waals surface area (Å²) < 4.78 is 10.7. The third kappa shape index (κ3) is 4.48. The van der Waals surface area contributed by atoms with Crippen LogP contribution >= 0.6 is 0 Å². The fraction of sp³-hybridized carbons (Fsp3) is 0.381. The van der Waals surface area contributed by atoms with Crippen LogP contribution in [0.3, 0.4) is 0 Å². The van der Waals surface area contributed by atoms with Crippen molar-refractivity contribution >= 4 is 17.3 Å². The first-order chi connectivity index (χ1) is 13.8. The normalized spacial score (nSPS) is 15.4. The van der Waals surface area contributed by atoms with E-state index in [1.807, 2.05) is 26.0 Å². The highest BCUT2D eigenvalue weighted by atomic mass is 16.6. The zero-order valence-corrected chi connectivity index (χ0v) is 17.1. The number of rotatable bonds is 6. The molecule has 1 aliphatic heterocycles. The van der Waals surface area contributed by atoms with Crippen molar-refractivity contribution < 1.29 is 24.1 Å². The van der Waals surface area contributed by atoms with E-state index >= 15 is 0 Å². The Morgan fingerprint density at radius 2 is 1.72 bits per heavy atom. The van der Waals surface area contributed by atoms with Gasteiger partial charge in [0.1, 0.15) is 12.2 Å². The molecule has 0 saturated heterocycles. The van der Waals surface area contributed by atoms with Crippen molar-refractivity contribution in [3.8, 4) is 11.5 Å². The Hall–Kier alpha value is -3.13. The summed E-state index contributed by atoms with van der Waals surface area (Å²) >= 11 is 0. The van der Waals surface area contributed by atoms with Crippen LogP contribution in [0.4, 0.5) is 11.4 Å². The van der Waals surface area contributed by atoms with Crippen LogP contribution in [-0.2, 0) is 17.8 Å².